The van der Waals surface area contributed by atoms with Crippen molar-refractivity contribution in [3.05, 3.63) is 58.7 Å². The van der Waals surface area contributed by atoms with Crippen LogP contribution in [0.1, 0.15) is 12.6 Å². The number of rotatable bonds is 6. The number of pyridine rings is 1. The van der Waals surface area contributed by atoms with Crippen LogP contribution in [-0.4, -0.2) is 58.3 Å². The summed E-state index contributed by atoms with van der Waals surface area (Å²) >= 11 is 0. The standard InChI is InChI=1S/C22H18F3N5O7/c1-11(31)36-16(19(32)26-13-7-5-12(6-8-13)18-28-21(34)37-29-18)17-20(33)30(9-10-35-17)15-4-2-3-14(27-15)22(23,24)25/h2-8,16-17H,9-10H2,1H3,(H,26,32)(H,28,29,34). The van der Waals surface area contributed by atoms with E-state index in [-0.39, 0.29) is 30.5 Å². The Morgan fingerprint density at radius 2 is 1.92 bits per heavy atom. The van der Waals surface area contributed by atoms with Gasteiger partial charge in [0.15, 0.2) is 11.9 Å². The van der Waals surface area contributed by atoms with Gasteiger partial charge >= 0.3 is 17.9 Å². The number of carbonyl (C=O) groups is 3. The van der Waals surface area contributed by atoms with Gasteiger partial charge in [0.1, 0.15) is 11.5 Å². The van der Waals surface area contributed by atoms with Crippen LogP contribution in [0.15, 0.2) is 51.8 Å². The maximum atomic E-state index is 13.1. The Balaban J connectivity index is 1.54. The van der Waals surface area contributed by atoms with Gasteiger partial charge in [-0.05, 0) is 36.4 Å². The lowest BCUT2D eigenvalue weighted by molar-refractivity contribution is -0.167. The first-order valence-corrected chi connectivity index (χ1v) is 10.6. The van der Waals surface area contributed by atoms with Crippen LogP contribution in [0.4, 0.5) is 24.7 Å². The van der Waals surface area contributed by atoms with E-state index in [0.717, 1.165) is 24.0 Å². The van der Waals surface area contributed by atoms with Crippen LogP contribution >= 0.6 is 0 Å². The molecule has 194 valence electrons. The van der Waals surface area contributed by atoms with Crippen molar-refractivity contribution in [2.45, 2.75) is 25.3 Å². The summed E-state index contributed by atoms with van der Waals surface area (Å²) in [6, 6.07) is 8.98. The van der Waals surface area contributed by atoms with Crippen LogP contribution in [0.5, 0.6) is 0 Å². The molecular formula is C22H18F3N5O7. The molecule has 1 aliphatic heterocycles. The van der Waals surface area contributed by atoms with Gasteiger partial charge in [-0.2, -0.15) is 13.2 Å². The molecule has 0 radical (unpaired) electrons. The summed E-state index contributed by atoms with van der Waals surface area (Å²) in [5.41, 5.74) is -0.500. The third kappa shape index (κ3) is 5.83. The first-order valence-electron chi connectivity index (χ1n) is 10.6. The number of esters is 1. The van der Waals surface area contributed by atoms with Gasteiger partial charge in [0.2, 0.25) is 6.10 Å². The van der Waals surface area contributed by atoms with E-state index in [1.54, 1.807) is 0 Å². The molecule has 4 rings (SSSR count). The largest absolute Gasteiger partial charge is 0.449 e. The highest BCUT2D eigenvalue weighted by molar-refractivity contribution is 6.04. The predicted molar refractivity (Wildman–Crippen MR) is 118 cm³/mol. The Morgan fingerprint density at radius 3 is 2.54 bits per heavy atom. The Hall–Kier alpha value is -4.53. The van der Waals surface area contributed by atoms with Gasteiger partial charge in [-0.25, -0.2) is 9.78 Å². The molecule has 2 unspecified atom stereocenters. The monoisotopic (exact) mass is 521 g/mol. The van der Waals surface area contributed by atoms with Crippen molar-refractivity contribution >= 4 is 29.3 Å². The normalized spacial score (nSPS) is 16.8. The lowest BCUT2D eigenvalue weighted by atomic mass is 10.1. The number of H-pyrrole nitrogens is 1. The van der Waals surface area contributed by atoms with E-state index in [2.05, 4.69) is 25.0 Å². The number of ether oxygens (including phenoxy) is 2. The number of alkyl halides is 3. The van der Waals surface area contributed by atoms with Gasteiger partial charge < -0.3 is 14.8 Å². The van der Waals surface area contributed by atoms with E-state index in [4.69, 9.17) is 9.47 Å². The lowest BCUT2D eigenvalue weighted by Gasteiger charge is -2.34. The zero-order valence-electron chi connectivity index (χ0n) is 18.9. The average molecular weight is 521 g/mol. The van der Waals surface area contributed by atoms with E-state index in [9.17, 15) is 32.3 Å². The topological polar surface area (TPSA) is 157 Å². The number of amides is 2. The summed E-state index contributed by atoms with van der Waals surface area (Å²) in [6.07, 6.45) is -8.14. The predicted octanol–water partition coefficient (Wildman–Crippen LogP) is 1.75. The Morgan fingerprint density at radius 1 is 1.19 bits per heavy atom. The maximum Gasteiger partial charge on any atom is 0.439 e. The van der Waals surface area contributed by atoms with Gasteiger partial charge in [-0.1, -0.05) is 11.2 Å². The summed E-state index contributed by atoms with van der Waals surface area (Å²) < 4.78 is 54.2. The number of hydrogen-bond donors (Lipinski definition) is 2. The number of anilines is 2. The summed E-state index contributed by atoms with van der Waals surface area (Å²) in [7, 11) is 0. The molecule has 2 N–H and O–H groups in total. The summed E-state index contributed by atoms with van der Waals surface area (Å²) in [6.45, 7) is 0.723. The van der Waals surface area contributed by atoms with Crippen molar-refractivity contribution in [2.75, 3.05) is 23.4 Å². The molecule has 3 aromatic rings. The van der Waals surface area contributed by atoms with E-state index in [1.165, 1.54) is 30.3 Å². The number of carbonyl (C=O) groups excluding carboxylic acids is 3. The van der Waals surface area contributed by atoms with Gasteiger partial charge in [0, 0.05) is 18.2 Å². The van der Waals surface area contributed by atoms with Crippen LogP contribution in [0.25, 0.3) is 11.4 Å². The second-order valence-corrected chi connectivity index (χ2v) is 7.70. The molecule has 1 aromatic carbocycles. The van der Waals surface area contributed by atoms with E-state index in [1.807, 2.05) is 0 Å². The number of nitrogens with zero attached hydrogens (tertiary/aromatic N) is 3. The van der Waals surface area contributed by atoms with Crippen LogP contribution < -0.4 is 16.0 Å². The van der Waals surface area contributed by atoms with Crippen LogP contribution in [0.2, 0.25) is 0 Å². The van der Waals surface area contributed by atoms with Crippen molar-refractivity contribution in [1.29, 1.82) is 0 Å². The minimum atomic E-state index is -4.73. The van der Waals surface area contributed by atoms with E-state index < -0.39 is 47.6 Å². The molecule has 2 atom stereocenters. The Bertz CT molecular complexity index is 1370. The summed E-state index contributed by atoms with van der Waals surface area (Å²) in [5, 5.41) is 6.03. The Labute approximate surface area is 205 Å². The highest BCUT2D eigenvalue weighted by atomic mass is 19.4. The second kappa shape index (κ2) is 10.2. The fourth-order valence-electron chi connectivity index (χ4n) is 3.49. The lowest BCUT2D eigenvalue weighted by Crippen LogP contribution is -2.56. The maximum absolute atomic E-state index is 13.1. The molecule has 2 aromatic heterocycles. The summed E-state index contributed by atoms with van der Waals surface area (Å²) in [4.78, 5) is 55.8. The number of nitrogens with one attached hydrogen (secondary N) is 2. The first kappa shape index (κ1) is 25.6. The molecule has 12 nitrogen and oxygen atoms in total. The van der Waals surface area contributed by atoms with Crippen molar-refractivity contribution in [3.8, 4) is 11.4 Å². The third-order valence-electron chi connectivity index (χ3n) is 5.12. The molecule has 1 fully saturated rings. The molecule has 0 bridgehead atoms. The molecule has 2 amide bonds. The molecule has 1 saturated heterocycles. The smallest absolute Gasteiger partial charge is 0.439 e. The minimum Gasteiger partial charge on any atom is -0.449 e. The molecule has 3 heterocycles. The van der Waals surface area contributed by atoms with Crippen LogP contribution in [0.3, 0.4) is 0 Å². The van der Waals surface area contributed by atoms with Gasteiger partial charge in [-0.15, -0.1) is 0 Å². The van der Waals surface area contributed by atoms with Gasteiger partial charge in [0.25, 0.3) is 11.8 Å². The second-order valence-electron chi connectivity index (χ2n) is 7.70. The first-order chi connectivity index (χ1) is 17.5. The van der Waals surface area contributed by atoms with Gasteiger partial charge in [-0.3, -0.25) is 28.8 Å². The number of aromatic nitrogens is 3. The fourth-order valence-corrected chi connectivity index (χ4v) is 3.49. The Kier molecular flexibility index (Phi) is 7.06. The molecular weight excluding hydrogens is 503 g/mol. The van der Waals surface area contributed by atoms with Crippen molar-refractivity contribution in [2.24, 2.45) is 0 Å². The third-order valence-corrected chi connectivity index (χ3v) is 5.12. The van der Waals surface area contributed by atoms with E-state index in [0.29, 0.717) is 5.56 Å². The molecule has 0 saturated carbocycles. The number of aromatic amines is 1. The average Bonchev–Trinajstić information content (AvgIpc) is 3.29. The molecule has 15 heteroatoms. The highest BCUT2D eigenvalue weighted by Gasteiger charge is 2.43. The van der Waals surface area contributed by atoms with Crippen LogP contribution in [-0.2, 0) is 30.0 Å². The molecule has 0 aliphatic carbocycles. The highest BCUT2D eigenvalue weighted by Crippen LogP contribution is 2.30. The number of hydrogen-bond acceptors (Lipinski definition) is 9. The van der Waals surface area contributed by atoms with Crippen molar-refractivity contribution < 1.29 is 41.6 Å². The van der Waals surface area contributed by atoms with E-state index >= 15 is 0 Å². The minimum absolute atomic E-state index is 0.135. The number of halogens is 3. The molecule has 37 heavy (non-hydrogen) atoms. The van der Waals surface area contributed by atoms with Crippen LogP contribution in [0, 0.1) is 0 Å². The SMILES string of the molecule is CC(=O)OC(C(=O)Nc1ccc(-c2noc(=O)[nH]2)cc1)C1OCCN(c2cccc(C(F)(F)F)n2)C1=O. The van der Waals surface area contributed by atoms with Crippen molar-refractivity contribution in [1.82, 2.24) is 15.1 Å². The van der Waals surface area contributed by atoms with Gasteiger partial charge in [0.05, 0.1) is 13.2 Å². The van der Waals surface area contributed by atoms with Crippen molar-refractivity contribution in [3.63, 3.8) is 0 Å². The number of benzene rings is 1. The number of morpholine rings is 1. The summed E-state index contributed by atoms with van der Waals surface area (Å²) in [5.74, 6) is -3.61. The quantitative estimate of drug-likeness (QED) is 0.461. The zero-order chi connectivity index (χ0) is 26.7. The zero-order valence-corrected chi connectivity index (χ0v) is 18.9. The molecule has 1 aliphatic rings. The fraction of sp³-hybridized carbons (Fsp3) is 0.273. The molecule has 0 spiro atoms.